The summed E-state index contributed by atoms with van der Waals surface area (Å²) < 4.78 is 0. The van der Waals surface area contributed by atoms with E-state index in [1.54, 1.807) is 0 Å². The van der Waals surface area contributed by atoms with Gasteiger partial charge in [-0.05, 0) is 61.6 Å². The van der Waals surface area contributed by atoms with E-state index in [0.717, 1.165) is 24.4 Å². The van der Waals surface area contributed by atoms with Gasteiger partial charge in [-0.3, -0.25) is 0 Å². The highest BCUT2D eigenvalue weighted by Crippen LogP contribution is 2.40. The Morgan fingerprint density at radius 1 is 1.24 bits per heavy atom. The first-order valence-corrected chi connectivity index (χ1v) is 8.30. The van der Waals surface area contributed by atoms with Crippen LogP contribution in [0, 0.1) is 18.3 Å². The molecule has 1 fully saturated rings. The van der Waals surface area contributed by atoms with Gasteiger partial charge in [0.15, 0.2) is 0 Å². The second-order valence-corrected chi connectivity index (χ2v) is 7.93. The Bertz CT molecular complexity index is 463. The van der Waals surface area contributed by atoms with Gasteiger partial charge in [0.05, 0.1) is 12.1 Å². The second-order valence-electron chi connectivity index (χ2n) is 7.93. The van der Waals surface area contributed by atoms with Gasteiger partial charge in [-0.1, -0.05) is 39.3 Å². The SMILES string of the molecule is Cc1cccc(NC2(CO)CCCC(C(C)(C)C)CC2)c1. The number of aryl methyl sites for hydroxylation is 1. The number of hydrogen-bond donors (Lipinski definition) is 2. The predicted molar refractivity (Wildman–Crippen MR) is 90.6 cm³/mol. The Hall–Kier alpha value is -1.02. The molecule has 0 spiro atoms. The fourth-order valence-corrected chi connectivity index (χ4v) is 3.62. The normalized spacial score (nSPS) is 27.2. The molecule has 0 radical (unpaired) electrons. The van der Waals surface area contributed by atoms with Crippen molar-refractivity contribution >= 4 is 5.69 Å². The molecule has 0 bridgehead atoms. The number of hydrogen-bond acceptors (Lipinski definition) is 2. The van der Waals surface area contributed by atoms with Crippen molar-refractivity contribution in [2.24, 2.45) is 11.3 Å². The number of benzene rings is 1. The van der Waals surface area contributed by atoms with Crippen LogP contribution in [0.1, 0.15) is 58.4 Å². The van der Waals surface area contributed by atoms with Crippen LogP contribution in [0.3, 0.4) is 0 Å². The van der Waals surface area contributed by atoms with Gasteiger partial charge in [0.25, 0.3) is 0 Å². The maximum absolute atomic E-state index is 10.0. The van der Waals surface area contributed by atoms with E-state index < -0.39 is 0 Å². The molecule has 2 N–H and O–H groups in total. The molecule has 2 unspecified atom stereocenters. The summed E-state index contributed by atoms with van der Waals surface area (Å²) in [5.74, 6) is 0.755. The van der Waals surface area contributed by atoms with Gasteiger partial charge >= 0.3 is 0 Å². The maximum atomic E-state index is 10.0. The van der Waals surface area contributed by atoms with Crippen LogP contribution in [0.4, 0.5) is 5.69 Å². The number of aliphatic hydroxyl groups excluding tert-OH is 1. The van der Waals surface area contributed by atoms with E-state index in [1.807, 2.05) is 0 Å². The van der Waals surface area contributed by atoms with E-state index in [4.69, 9.17) is 0 Å². The molecule has 21 heavy (non-hydrogen) atoms. The molecule has 1 aliphatic carbocycles. The first-order valence-electron chi connectivity index (χ1n) is 8.30. The Balaban J connectivity index is 2.11. The predicted octanol–water partition coefficient (Wildman–Crippen LogP) is 4.76. The molecule has 118 valence electrons. The minimum atomic E-state index is -0.145. The molecule has 0 aromatic heterocycles. The third-order valence-electron chi connectivity index (χ3n) is 5.13. The van der Waals surface area contributed by atoms with Crippen LogP contribution >= 0.6 is 0 Å². The third kappa shape index (κ3) is 4.23. The van der Waals surface area contributed by atoms with Crippen LogP contribution in [0.25, 0.3) is 0 Å². The fraction of sp³-hybridized carbons (Fsp3) is 0.684. The van der Waals surface area contributed by atoms with Crippen molar-refractivity contribution in [1.82, 2.24) is 0 Å². The molecule has 2 heteroatoms. The lowest BCUT2D eigenvalue weighted by atomic mass is 9.76. The van der Waals surface area contributed by atoms with E-state index in [1.165, 1.54) is 24.8 Å². The van der Waals surface area contributed by atoms with Crippen molar-refractivity contribution in [3.8, 4) is 0 Å². The Kier molecular flexibility index (Phi) is 4.98. The van der Waals surface area contributed by atoms with Crippen LogP contribution in [0.15, 0.2) is 24.3 Å². The average molecular weight is 289 g/mol. The summed E-state index contributed by atoms with van der Waals surface area (Å²) in [4.78, 5) is 0. The Morgan fingerprint density at radius 2 is 2.00 bits per heavy atom. The number of nitrogens with one attached hydrogen (secondary N) is 1. The summed E-state index contributed by atoms with van der Waals surface area (Å²) in [6, 6.07) is 8.47. The Morgan fingerprint density at radius 3 is 2.62 bits per heavy atom. The number of aliphatic hydroxyl groups is 1. The zero-order valence-corrected chi connectivity index (χ0v) is 14.1. The van der Waals surface area contributed by atoms with E-state index in [2.05, 4.69) is 57.3 Å². The number of anilines is 1. The van der Waals surface area contributed by atoms with Crippen LogP contribution in [0.2, 0.25) is 0 Å². The van der Waals surface area contributed by atoms with Gasteiger partial charge in [-0.25, -0.2) is 0 Å². The van der Waals surface area contributed by atoms with Crippen molar-refractivity contribution in [3.63, 3.8) is 0 Å². The lowest BCUT2D eigenvalue weighted by molar-refractivity contribution is 0.182. The second kappa shape index (κ2) is 6.39. The van der Waals surface area contributed by atoms with E-state index in [0.29, 0.717) is 5.41 Å². The van der Waals surface area contributed by atoms with Crippen molar-refractivity contribution in [2.75, 3.05) is 11.9 Å². The van der Waals surface area contributed by atoms with Crippen LogP contribution in [0.5, 0.6) is 0 Å². The molecule has 0 saturated heterocycles. The molecule has 1 aliphatic rings. The van der Waals surface area contributed by atoms with Crippen LogP contribution in [-0.2, 0) is 0 Å². The van der Waals surface area contributed by atoms with Crippen LogP contribution < -0.4 is 5.32 Å². The van der Waals surface area contributed by atoms with Gasteiger partial charge in [0.1, 0.15) is 0 Å². The van der Waals surface area contributed by atoms with Gasteiger partial charge in [0, 0.05) is 5.69 Å². The lowest BCUT2D eigenvalue weighted by Crippen LogP contribution is -2.41. The molecule has 0 heterocycles. The summed E-state index contributed by atoms with van der Waals surface area (Å²) in [5.41, 5.74) is 2.62. The van der Waals surface area contributed by atoms with E-state index >= 15 is 0 Å². The minimum absolute atomic E-state index is 0.145. The largest absolute Gasteiger partial charge is 0.394 e. The topological polar surface area (TPSA) is 32.3 Å². The summed E-state index contributed by atoms with van der Waals surface area (Å²) in [6.45, 7) is 9.37. The van der Waals surface area contributed by atoms with Crippen molar-refractivity contribution in [3.05, 3.63) is 29.8 Å². The minimum Gasteiger partial charge on any atom is -0.394 e. The zero-order chi connectivity index (χ0) is 15.5. The average Bonchev–Trinajstić information content (AvgIpc) is 2.62. The molecule has 0 aliphatic heterocycles. The zero-order valence-electron chi connectivity index (χ0n) is 14.1. The van der Waals surface area contributed by atoms with Gasteiger partial charge in [-0.15, -0.1) is 0 Å². The summed E-state index contributed by atoms with van der Waals surface area (Å²) in [6.07, 6.45) is 5.79. The summed E-state index contributed by atoms with van der Waals surface area (Å²) >= 11 is 0. The summed E-state index contributed by atoms with van der Waals surface area (Å²) in [7, 11) is 0. The third-order valence-corrected chi connectivity index (χ3v) is 5.13. The lowest BCUT2D eigenvalue weighted by Gasteiger charge is -2.34. The van der Waals surface area contributed by atoms with Crippen molar-refractivity contribution in [1.29, 1.82) is 0 Å². The fourth-order valence-electron chi connectivity index (χ4n) is 3.62. The molecular weight excluding hydrogens is 258 g/mol. The highest BCUT2D eigenvalue weighted by molar-refractivity contribution is 5.47. The maximum Gasteiger partial charge on any atom is 0.0661 e. The van der Waals surface area contributed by atoms with Gasteiger partial charge in [0.2, 0.25) is 0 Å². The molecule has 1 aromatic carbocycles. The molecular formula is C19H31NO. The van der Waals surface area contributed by atoms with Crippen molar-refractivity contribution < 1.29 is 5.11 Å². The Labute approximate surface area is 130 Å². The quantitative estimate of drug-likeness (QED) is 0.786. The highest BCUT2D eigenvalue weighted by atomic mass is 16.3. The summed E-state index contributed by atoms with van der Waals surface area (Å²) in [5, 5.41) is 13.7. The first-order chi connectivity index (χ1) is 9.85. The van der Waals surface area contributed by atoms with Gasteiger partial charge < -0.3 is 10.4 Å². The first kappa shape index (κ1) is 16.4. The molecule has 2 atom stereocenters. The van der Waals surface area contributed by atoms with Crippen LogP contribution in [-0.4, -0.2) is 17.3 Å². The van der Waals surface area contributed by atoms with E-state index in [-0.39, 0.29) is 12.1 Å². The van der Waals surface area contributed by atoms with E-state index in [9.17, 15) is 5.11 Å². The highest BCUT2D eigenvalue weighted by Gasteiger charge is 2.35. The van der Waals surface area contributed by atoms with Gasteiger partial charge in [-0.2, -0.15) is 0 Å². The molecule has 2 nitrogen and oxygen atoms in total. The smallest absolute Gasteiger partial charge is 0.0661 e. The molecule has 2 rings (SSSR count). The molecule has 1 aromatic rings. The molecule has 0 amide bonds. The monoisotopic (exact) mass is 289 g/mol. The standard InChI is InChI=1S/C19H31NO/c1-15-7-5-9-17(13-15)20-19(14-21)11-6-8-16(10-12-19)18(2,3)4/h5,7,9,13,16,20-21H,6,8,10-12,14H2,1-4H3. The van der Waals surface area contributed by atoms with Crippen molar-refractivity contribution in [2.45, 2.75) is 65.3 Å². The number of rotatable bonds is 3. The molecule has 1 saturated carbocycles.